The Morgan fingerprint density at radius 2 is 1.87 bits per heavy atom. The Morgan fingerprint density at radius 1 is 1.26 bits per heavy atom. The third-order valence-electron chi connectivity index (χ3n) is 4.54. The molecule has 2 rings (SSSR count). The second-order valence-electron chi connectivity index (χ2n) is 8.22. The summed E-state index contributed by atoms with van der Waals surface area (Å²) in [5, 5.41) is 6.58. The van der Waals surface area contributed by atoms with Gasteiger partial charge in [-0.1, -0.05) is 6.07 Å². The predicted octanol–water partition coefficient (Wildman–Crippen LogP) is 3.70. The summed E-state index contributed by atoms with van der Waals surface area (Å²) in [5.41, 5.74) is 1.93. The van der Waals surface area contributed by atoms with E-state index in [4.69, 9.17) is 0 Å². The molecule has 1 heterocycles. The van der Waals surface area contributed by atoms with Gasteiger partial charge in [-0.25, -0.2) is 4.39 Å². The van der Waals surface area contributed by atoms with E-state index in [1.54, 1.807) is 6.07 Å². The number of carbonyl (C=O) groups is 1. The molecule has 0 unspecified atom stereocenters. The number of rotatable bonds is 4. The fraction of sp³-hybridized carbons (Fsp3) is 0.632. The van der Waals surface area contributed by atoms with Crippen LogP contribution in [0.3, 0.4) is 0 Å². The molecule has 1 aromatic carbocycles. The van der Waals surface area contributed by atoms with Crippen LogP contribution in [-0.2, 0) is 11.3 Å². The highest BCUT2D eigenvalue weighted by Gasteiger charge is 2.38. The molecule has 0 aromatic heterocycles. The van der Waals surface area contributed by atoms with Crippen LogP contribution >= 0.6 is 0 Å². The molecule has 2 N–H and O–H groups in total. The van der Waals surface area contributed by atoms with Crippen LogP contribution in [0.4, 0.5) is 4.39 Å². The molecule has 23 heavy (non-hydrogen) atoms. The Kier molecular flexibility index (Phi) is 5.14. The molecular formula is C19H29FN2O. The number of carbonyl (C=O) groups excluding carboxylic acids is 1. The van der Waals surface area contributed by atoms with Gasteiger partial charge in [-0.3, -0.25) is 4.79 Å². The van der Waals surface area contributed by atoms with Crippen LogP contribution in [0.1, 0.15) is 58.1 Å². The Hall–Kier alpha value is -1.42. The zero-order valence-electron chi connectivity index (χ0n) is 14.9. The Balaban J connectivity index is 1.91. The van der Waals surface area contributed by atoms with Crippen molar-refractivity contribution in [2.45, 2.75) is 71.5 Å². The number of nitrogens with one attached hydrogen (secondary N) is 2. The van der Waals surface area contributed by atoms with Gasteiger partial charge in [0.15, 0.2) is 0 Å². The average molecular weight is 320 g/mol. The molecular weight excluding hydrogens is 291 g/mol. The highest BCUT2D eigenvalue weighted by Crippen LogP contribution is 2.34. The van der Waals surface area contributed by atoms with E-state index in [9.17, 15) is 9.18 Å². The van der Waals surface area contributed by atoms with Gasteiger partial charge >= 0.3 is 0 Å². The predicted molar refractivity (Wildman–Crippen MR) is 91.6 cm³/mol. The minimum absolute atomic E-state index is 0.0475. The molecule has 3 nitrogen and oxygen atoms in total. The van der Waals surface area contributed by atoms with E-state index in [1.807, 2.05) is 6.92 Å². The van der Waals surface area contributed by atoms with Crippen molar-refractivity contribution in [1.29, 1.82) is 0 Å². The summed E-state index contributed by atoms with van der Waals surface area (Å²) >= 11 is 0. The Bertz CT molecular complexity index is 565. The minimum Gasteiger partial charge on any atom is -0.352 e. The van der Waals surface area contributed by atoms with E-state index in [0.29, 0.717) is 18.9 Å². The molecule has 0 saturated carbocycles. The van der Waals surface area contributed by atoms with Crippen molar-refractivity contribution >= 4 is 5.91 Å². The summed E-state index contributed by atoms with van der Waals surface area (Å²) in [6.45, 7) is 11.1. The number of halogens is 1. The van der Waals surface area contributed by atoms with Crippen molar-refractivity contribution in [2.75, 3.05) is 0 Å². The lowest BCUT2D eigenvalue weighted by atomic mass is 9.74. The highest BCUT2D eigenvalue weighted by atomic mass is 19.1. The van der Waals surface area contributed by atoms with Crippen molar-refractivity contribution in [3.05, 3.63) is 35.1 Å². The van der Waals surface area contributed by atoms with Crippen molar-refractivity contribution in [3.63, 3.8) is 0 Å². The molecule has 1 saturated heterocycles. The summed E-state index contributed by atoms with van der Waals surface area (Å²) < 4.78 is 13.3. The Labute approximate surface area is 139 Å². The molecule has 1 fully saturated rings. The molecule has 4 heteroatoms. The van der Waals surface area contributed by atoms with Gasteiger partial charge in [0.05, 0.1) is 0 Å². The summed E-state index contributed by atoms with van der Waals surface area (Å²) in [5.74, 6) is 0.156. The molecule has 0 aliphatic carbocycles. The molecule has 1 amide bonds. The molecule has 1 aliphatic rings. The van der Waals surface area contributed by atoms with Gasteiger partial charge in [0.1, 0.15) is 5.82 Å². The van der Waals surface area contributed by atoms with E-state index >= 15 is 0 Å². The summed E-state index contributed by atoms with van der Waals surface area (Å²) in [4.78, 5) is 12.3. The van der Waals surface area contributed by atoms with Gasteiger partial charge in [0.25, 0.3) is 0 Å². The quantitative estimate of drug-likeness (QED) is 0.888. The maximum absolute atomic E-state index is 13.3. The van der Waals surface area contributed by atoms with Crippen molar-refractivity contribution in [3.8, 4) is 0 Å². The first-order chi connectivity index (χ1) is 10.6. The van der Waals surface area contributed by atoms with Crippen molar-refractivity contribution < 1.29 is 9.18 Å². The fourth-order valence-electron chi connectivity index (χ4n) is 4.04. The van der Waals surface area contributed by atoms with Crippen LogP contribution in [0, 0.1) is 18.7 Å². The fourth-order valence-corrected chi connectivity index (χ4v) is 4.04. The molecule has 0 bridgehead atoms. The van der Waals surface area contributed by atoms with E-state index in [2.05, 4.69) is 38.3 Å². The highest BCUT2D eigenvalue weighted by molar-refractivity contribution is 5.76. The zero-order valence-corrected chi connectivity index (χ0v) is 14.9. The first-order valence-corrected chi connectivity index (χ1v) is 8.37. The van der Waals surface area contributed by atoms with E-state index in [1.165, 1.54) is 12.1 Å². The lowest BCUT2D eigenvalue weighted by molar-refractivity contribution is -0.122. The van der Waals surface area contributed by atoms with Crippen LogP contribution in [0.15, 0.2) is 18.2 Å². The lowest BCUT2D eigenvalue weighted by Crippen LogP contribution is -2.58. The monoisotopic (exact) mass is 320 g/mol. The summed E-state index contributed by atoms with van der Waals surface area (Å²) in [6, 6.07) is 4.68. The largest absolute Gasteiger partial charge is 0.352 e. The van der Waals surface area contributed by atoms with Crippen LogP contribution in [0.25, 0.3) is 0 Å². The van der Waals surface area contributed by atoms with E-state index < -0.39 is 0 Å². The molecule has 0 atom stereocenters. The topological polar surface area (TPSA) is 41.1 Å². The van der Waals surface area contributed by atoms with Crippen molar-refractivity contribution in [1.82, 2.24) is 10.6 Å². The zero-order chi connectivity index (χ0) is 17.3. The van der Waals surface area contributed by atoms with E-state index in [-0.39, 0.29) is 22.8 Å². The third-order valence-corrected chi connectivity index (χ3v) is 4.54. The number of benzene rings is 1. The molecule has 1 aliphatic heterocycles. The summed E-state index contributed by atoms with van der Waals surface area (Å²) in [7, 11) is 0. The van der Waals surface area contributed by atoms with Gasteiger partial charge in [0, 0.05) is 24.0 Å². The molecule has 128 valence electrons. The minimum atomic E-state index is -0.262. The number of hydrogen-bond donors (Lipinski definition) is 2. The average Bonchev–Trinajstić information content (AvgIpc) is 2.36. The molecule has 0 radical (unpaired) electrons. The maximum Gasteiger partial charge on any atom is 0.220 e. The van der Waals surface area contributed by atoms with Crippen LogP contribution in [-0.4, -0.2) is 17.0 Å². The van der Waals surface area contributed by atoms with Gasteiger partial charge in [-0.2, -0.15) is 0 Å². The second-order valence-corrected chi connectivity index (χ2v) is 8.22. The lowest BCUT2D eigenvalue weighted by Gasteiger charge is -2.46. The number of piperidine rings is 1. The number of aryl methyl sites for hydroxylation is 1. The second kappa shape index (κ2) is 6.60. The molecule has 1 aromatic rings. The molecule has 0 spiro atoms. The first-order valence-electron chi connectivity index (χ1n) is 8.37. The maximum atomic E-state index is 13.3. The van der Waals surface area contributed by atoms with Gasteiger partial charge < -0.3 is 10.6 Å². The Morgan fingerprint density at radius 3 is 2.48 bits per heavy atom. The smallest absolute Gasteiger partial charge is 0.220 e. The van der Waals surface area contributed by atoms with E-state index in [0.717, 1.165) is 24.0 Å². The van der Waals surface area contributed by atoms with Gasteiger partial charge in [0.2, 0.25) is 5.91 Å². The third kappa shape index (κ3) is 5.31. The standard InChI is InChI=1S/C19H29FN2O/c1-13-6-7-16(20)9-15(13)12-21-17(23)8-14-10-18(2,3)22-19(4,5)11-14/h6-7,9,14,22H,8,10-12H2,1-5H3,(H,21,23). The summed E-state index contributed by atoms with van der Waals surface area (Å²) in [6.07, 6.45) is 2.51. The van der Waals surface area contributed by atoms with Gasteiger partial charge in [-0.15, -0.1) is 0 Å². The van der Waals surface area contributed by atoms with Crippen molar-refractivity contribution in [2.24, 2.45) is 5.92 Å². The van der Waals surface area contributed by atoms with Crippen LogP contribution < -0.4 is 10.6 Å². The van der Waals surface area contributed by atoms with Crippen LogP contribution in [0.5, 0.6) is 0 Å². The normalized spacial score (nSPS) is 20.3. The van der Waals surface area contributed by atoms with Gasteiger partial charge in [-0.05, 0) is 76.6 Å². The SMILES string of the molecule is Cc1ccc(F)cc1CNC(=O)CC1CC(C)(C)NC(C)(C)C1. The number of amides is 1. The first kappa shape index (κ1) is 17.9. The van der Waals surface area contributed by atoms with Crippen LogP contribution in [0.2, 0.25) is 0 Å². The number of hydrogen-bond acceptors (Lipinski definition) is 2.